The Morgan fingerprint density at radius 1 is 1.25 bits per heavy atom. The summed E-state index contributed by atoms with van der Waals surface area (Å²) in [5.74, 6) is -0.844. The van der Waals surface area contributed by atoms with E-state index in [0.29, 0.717) is 31.0 Å². The van der Waals surface area contributed by atoms with Gasteiger partial charge in [-0.25, -0.2) is 0 Å². The summed E-state index contributed by atoms with van der Waals surface area (Å²) in [4.78, 5) is 26.0. The molecule has 2 aliphatic rings. The van der Waals surface area contributed by atoms with Crippen molar-refractivity contribution in [2.45, 2.75) is 44.3 Å². The molecule has 1 aromatic rings. The van der Waals surface area contributed by atoms with Crippen LogP contribution in [0.1, 0.15) is 38.7 Å². The first-order chi connectivity index (χ1) is 11.2. The number of hydrogen-bond acceptors (Lipinski definition) is 4. The largest absolute Gasteiger partial charge is 0.459 e. The van der Waals surface area contributed by atoms with Crippen molar-refractivity contribution in [3.8, 4) is 0 Å². The lowest BCUT2D eigenvalue weighted by Gasteiger charge is -2.40. The molecule has 0 aromatic heterocycles. The van der Waals surface area contributed by atoms with Crippen molar-refractivity contribution >= 4 is 23.5 Å². The smallest absolute Gasteiger partial charge is 0.307 e. The van der Waals surface area contributed by atoms with Crippen molar-refractivity contribution in [2.24, 2.45) is 5.92 Å². The van der Waals surface area contributed by atoms with Crippen LogP contribution in [0.25, 0.3) is 0 Å². The number of benzene rings is 1. The summed E-state index contributed by atoms with van der Waals surface area (Å²) >= 11 is 5.90. The Bertz CT molecular complexity index is 647. The van der Waals surface area contributed by atoms with Gasteiger partial charge >= 0.3 is 5.97 Å². The highest BCUT2D eigenvalue weighted by atomic mass is 35.5. The van der Waals surface area contributed by atoms with Crippen molar-refractivity contribution in [3.05, 3.63) is 34.9 Å². The molecule has 0 aliphatic carbocycles. The van der Waals surface area contributed by atoms with E-state index in [-0.39, 0.29) is 18.3 Å². The molecule has 130 valence electrons. The summed E-state index contributed by atoms with van der Waals surface area (Å²) in [6, 6.07) is 7.17. The minimum atomic E-state index is -0.946. The van der Waals surface area contributed by atoms with Gasteiger partial charge < -0.3 is 14.7 Å². The number of piperidine rings is 1. The van der Waals surface area contributed by atoms with E-state index in [1.807, 2.05) is 12.1 Å². The minimum Gasteiger partial charge on any atom is -0.459 e. The van der Waals surface area contributed by atoms with Gasteiger partial charge in [0.25, 0.3) is 0 Å². The first-order valence-corrected chi connectivity index (χ1v) is 8.58. The summed E-state index contributed by atoms with van der Waals surface area (Å²) < 4.78 is 5.25. The Kier molecular flexibility index (Phi) is 4.34. The molecule has 0 unspecified atom stereocenters. The number of hydrogen-bond donors (Lipinski definition) is 1. The maximum atomic E-state index is 12.7. The maximum Gasteiger partial charge on any atom is 0.307 e. The Morgan fingerprint density at radius 3 is 2.33 bits per heavy atom. The van der Waals surface area contributed by atoms with E-state index in [9.17, 15) is 14.7 Å². The Morgan fingerprint density at radius 2 is 1.83 bits per heavy atom. The molecular weight excluding hydrogens is 330 g/mol. The summed E-state index contributed by atoms with van der Waals surface area (Å²) in [5.41, 5.74) is -0.893. The molecule has 1 aromatic carbocycles. The van der Waals surface area contributed by atoms with E-state index in [4.69, 9.17) is 16.3 Å². The molecule has 1 N–H and O–H groups in total. The molecule has 24 heavy (non-hydrogen) atoms. The molecule has 0 bridgehead atoms. The summed E-state index contributed by atoms with van der Waals surface area (Å²) in [7, 11) is 0. The van der Waals surface area contributed by atoms with Gasteiger partial charge in [0.15, 0.2) is 0 Å². The summed E-state index contributed by atoms with van der Waals surface area (Å²) in [6.45, 7) is 4.46. The normalized spacial score (nSPS) is 25.4. The number of esters is 1. The number of ether oxygens (including phenoxy) is 1. The van der Waals surface area contributed by atoms with Crippen LogP contribution in [0.15, 0.2) is 24.3 Å². The molecular formula is C18H22ClNO4. The fraction of sp³-hybridized carbons (Fsp3) is 0.556. The Hall–Kier alpha value is -1.59. The molecule has 6 heteroatoms. The topological polar surface area (TPSA) is 66.8 Å². The number of rotatable bonds is 2. The van der Waals surface area contributed by atoms with Crippen LogP contribution in [0.3, 0.4) is 0 Å². The Balaban J connectivity index is 1.67. The van der Waals surface area contributed by atoms with Gasteiger partial charge in [-0.2, -0.15) is 0 Å². The van der Waals surface area contributed by atoms with Crippen LogP contribution >= 0.6 is 11.6 Å². The summed E-state index contributed by atoms with van der Waals surface area (Å²) in [6.07, 6.45) is 1.05. The average molecular weight is 352 g/mol. The predicted molar refractivity (Wildman–Crippen MR) is 89.4 cm³/mol. The quantitative estimate of drug-likeness (QED) is 0.831. The minimum absolute atomic E-state index is 0.0657. The molecule has 0 spiro atoms. The predicted octanol–water partition coefficient (Wildman–Crippen LogP) is 2.49. The monoisotopic (exact) mass is 351 g/mol. The highest BCUT2D eigenvalue weighted by Gasteiger charge is 2.48. The van der Waals surface area contributed by atoms with Gasteiger partial charge in [-0.1, -0.05) is 23.7 Å². The van der Waals surface area contributed by atoms with Crippen LogP contribution in [-0.4, -0.2) is 40.6 Å². The molecule has 2 aliphatic heterocycles. The third-order valence-electron chi connectivity index (χ3n) is 5.17. The number of cyclic esters (lactones) is 1. The van der Waals surface area contributed by atoms with Gasteiger partial charge in [0.2, 0.25) is 5.91 Å². The third kappa shape index (κ3) is 3.15. The van der Waals surface area contributed by atoms with Crippen molar-refractivity contribution in [1.82, 2.24) is 4.90 Å². The molecule has 2 fully saturated rings. The fourth-order valence-electron chi connectivity index (χ4n) is 3.57. The number of likely N-dealkylation sites (tertiary alicyclic amines) is 1. The van der Waals surface area contributed by atoms with Crippen LogP contribution in [-0.2, 0) is 19.9 Å². The van der Waals surface area contributed by atoms with Gasteiger partial charge in [-0.05, 0) is 44.4 Å². The van der Waals surface area contributed by atoms with Crippen LogP contribution in [0.4, 0.5) is 0 Å². The molecule has 0 saturated carbocycles. The first-order valence-electron chi connectivity index (χ1n) is 8.20. The fourth-order valence-corrected chi connectivity index (χ4v) is 3.70. The number of aliphatic hydroxyl groups is 1. The molecule has 1 atom stereocenters. The van der Waals surface area contributed by atoms with Gasteiger partial charge in [-0.3, -0.25) is 9.59 Å². The van der Waals surface area contributed by atoms with Crippen molar-refractivity contribution in [3.63, 3.8) is 0 Å². The zero-order chi connectivity index (χ0) is 17.5. The van der Waals surface area contributed by atoms with Crippen LogP contribution in [0, 0.1) is 5.92 Å². The zero-order valence-electron chi connectivity index (χ0n) is 13.9. The second-order valence-corrected chi connectivity index (χ2v) is 7.63. The molecule has 1 amide bonds. The second-order valence-electron chi connectivity index (χ2n) is 7.20. The lowest BCUT2D eigenvalue weighted by atomic mass is 9.83. The highest BCUT2D eigenvalue weighted by Crippen LogP contribution is 2.37. The van der Waals surface area contributed by atoms with Crippen LogP contribution < -0.4 is 0 Å². The lowest BCUT2D eigenvalue weighted by Crippen LogP contribution is -2.49. The maximum absolute atomic E-state index is 12.7. The Labute approximate surface area is 146 Å². The van der Waals surface area contributed by atoms with Crippen LogP contribution in [0.2, 0.25) is 5.02 Å². The summed E-state index contributed by atoms with van der Waals surface area (Å²) in [5, 5.41) is 11.5. The van der Waals surface area contributed by atoms with Crippen LogP contribution in [0.5, 0.6) is 0 Å². The van der Waals surface area contributed by atoms with E-state index < -0.39 is 17.1 Å². The molecule has 2 heterocycles. The van der Waals surface area contributed by atoms with E-state index in [2.05, 4.69) is 0 Å². The van der Waals surface area contributed by atoms with E-state index in [0.717, 1.165) is 5.56 Å². The van der Waals surface area contributed by atoms with E-state index in [1.54, 1.807) is 30.9 Å². The highest BCUT2D eigenvalue weighted by molar-refractivity contribution is 6.30. The van der Waals surface area contributed by atoms with Gasteiger partial charge in [0.1, 0.15) is 5.60 Å². The van der Waals surface area contributed by atoms with Gasteiger partial charge in [0, 0.05) is 18.1 Å². The second kappa shape index (κ2) is 6.05. The molecule has 3 rings (SSSR count). The average Bonchev–Trinajstić information content (AvgIpc) is 2.80. The van der Waals surface area contributed by atoms with Crippen molar-refractivity contribution in [2.75, 3.05) is 13.1 Å². The van der Waals surface area contributed by atoms with Crippen molar-refractivity contribution in [1.29, 1.82) is 0 Å². The molecule has 0 radical (unpaired) electrons. The standard InChI is InChI=1S/C18H22ClNO4/c1-17(2)14(11-15(21)24-17)16(22)20-9-7-18(23,8-10-20)12-3-5-13(19)6-4-12/h3-6,14,23H,7-11H2,1-2H3/t14-/m0/s1. The van der Waals surface area contributed by atoms with E-state index in [1.165, 1.54) is 0 Å². The molecule has 5 nitrogen and oxygen atoms in total. The number of amides is 1. The number of carbonyl (C=O) groups excluding carboxylic acids is 2. The number of halogens is 1. The third-order valence-corrected chi connectivity index (χ3v) is 5.42. The zero-order valence-corrected chi connectivity index (χ0v) is 14.7. The lowest BCUT2D eigenvalue weighted by molar-refractivity contribution is -0.150. The van der Waals surface area contributed by atoms with Gasteiger partial charge in [0.05, 0.1) is 17.9 Å². The van der Waals surface area contributed by atoms with E-state index >= 15 is 0 Å². The van der Waals surface area contributed by atoms with Crippen molar-refractivity contribution < 1.29 is 19.4 Å². The number of nitrogens with zero attached hydrogens (tertiary/aromatic N) is 1. The molecule has 2 saturated heterocycles. The first kappa shape index (κ1) is 17.2. The SMILES string of the molecule is CC1(C)OC(=O)C[C@H]1C(=O)N1CCC(O)(c2ccc(Cl)cc2)CC1. The van der Waals surface area contributed by atoms with Gasteiger partial charge in [-0.15, -0.1) is 0 Å². The number of carbonyl (C=O) groups is 2.